The Bertz CT molecular complexity index is 876. The molecule has 1 atom stereocenters. The van der Waals surface area contributed by atoms with Crippen molar-refractivity contribution in [3.63, 3.8) is 0 Å². The normalized spacial score (nSPS) is 21.2. The van der Waals surface area contributed by atoms with Crippen LogP contribution in [0.25, 0.3) is 11.0 Å². The van der Waals surface area contributed by atoms with E-state index in [0.29, 0.717) is 29.3 Å². The third-order valence-electron chi connectivity index (χ3n) is 4.12. The number of carbonyl (C=O) groups excluding carboxylic acids is 1. The predicted octanol–water partition coefficient (Wildman–Crippen LogP) is 1.94. The molecule has 0 radical (unpaired) electrons. The van der Waals surface area contributed by atoms with E-state index >= 15 is 0 Å². The molecule has 0 aliphatic carbocycles. The predicted molar refractivity (Wildman–Crippen MR) is 82.0 cm³/mol. The maximum absolute atomic E-state index is 12.6. The van der Waals surface area contributed by atoms with Gasteiger partial charge in [-0.05, 0) is 24.3 Å². The summed E-state index contributed by atoms with van der Waals surface area (Å²) in [5, 5.41) is 22.1. The van der Waals surface area contributed by atoms with Crippen LogP contribution in [-0.2, 0) is 5.60 Å². The highest BCUT2D eigenvalue weighted by Gasteiger charge is 2.42. The summed E-state index contributed by atoms with van der Waals surface area (Å²) in [4.78, 5) is 14.2. The molecular formula is C15H13ClN4O3. The number of fused-ring (bicyclic) bond motifs is 1. The Balaban J connectivity index is 1.59. The average molecular weight is 333 g/mol. The number of carbonyl (C=O) groups is 1. The summed E-state index contributed by atoms with van der Waals surface area (Å²) < 4.78 is 5.59. The van der Waals surface area contributed by atoms with Crippen molar-refractivity contribution in [3.8, 4) is 0 Å². The standard InChI is InChI=1S/C15H13ClN4O3/c16-10-1-2-11-9(5-10)6-12(23-11)14(21)20-4-3-15(22,8-20)13-7-17-19-18-13/h1-2,5-7,22H,3-4,8H2,(H,17,18,19). The first-order chi connectivity index (χ1) is 11.0. The fourth-order valence-electron chi connectivity index (χ4n) is 2.88. The molecule has 2 aromatic heterocycles. The van der Waals surface area contributed by atoms with Crippen LogP contribution in [-0.4, -0.2) is 44.4 Å². The molecule has 0 spiro atoms. The molecular weight excluding hydrogens is 320 g/mol. The molecule has 1 unspecified atom stereocenters. The van der Waals surface area contributed by atoms with Crippen molar-refractivity contribution >= 4 is 28.5 Å². The molecule has 1 aromatic carbocycles. The van der Waals surface area contributed by atoms with Gasteiger partial charge in [0.05, 0.1) is 12.7 Å². The molecule has 1 aliphatic heterocycles. The maximum Gasteiger partial charge on any atom is 0.289 e. The van der Waals surface area contributed by atoms with E-state index in [2.05, 4.69) is 15.4 Å². The van der Waals surface area contributed by atoms with Gasteiger partial charge in [-0.1, -0.05) is 11.6 Å². The number of furan rings is 1. The van der Waals surface area contributed by atoms with Crippen molar-refractivity contribution < 1.29 is 14.3 Å². The number of H-pyrrole nitrogens is 1. The zero-order valence-corrected chi connectivity index (χ0v) is 12.7. The molecule has 23 heavy (non-hydrogen) atoms. The number of β-amino-alcohol motifs (C(OH)–C–C–N with tert-alkyl or cyclic N) is 1. The van der Waals surface area contributed by atoms with Gasteiger partial charge in [-0.25, -0.2) is 0 Å². The van der Waals surface area contributed by atoms with Gasteiger partial charge < -0.3 is 14.4 Å². The second-order valence-electron chi connectivity index (χ2n) is 5.66. The minimum atomic E-state index is -1.18. The summed E-state index contributed by atoms with van der Waals surface area (Å²) in [5.41, 5.74) is -0.147. The first-order valence-electron chi connectivity index (χ1n) is 7.12. The quantitative estimate of drug-likeness (QED) is 0.747. The van der Waals surface area contributed by atoms with Crippen molar-refractivity contribution in [2.24, 2.45) is 0 Å². The molecule has 1 fully saturated rings. The maximum atomic E-state index is 12.6. The molecule has 0 saturated carbocycles. The molecule has 1 aliphatic rings. The number of hydrogen-bond acceptors (Lipinski definition) is 5. The van der Waals surface area contributed by atoms with Crippen LogP contribution in [0.2, 0.25) is 5.02 Å². The number of benzene rings is 1. The van der Waals surface area contributed by atoms with Gasteiger partial charge in [-0.15, -0.1) is 0 Å². The van der Waals surface area contributed by atoms with E-state index in [1.165, 1.54) is 6.20 Å². The van der Waals surface area contributed by atoms with E-state index in [9.17, 15) is 9.90 Å². The van der Waals surface area contributed by atoms with Gasteiger partial charge >= 0.3 is 0 Å². The van der Waals surface area contributed by atoms with Gasteiger partial charge in [0.2, 0.25) is 0 Å². The zero-order valence-electron chi connectivity index (χ0n) is 12.0. The van der Waals surface area contributed by atoms with E-state index in [1.54, 1.807) is 29.2 Å². The van der Waals surface area contributed by atoms with Gasteiger partial charge in [0, 0.05) is 23.4 Å². The highest BCUT2D eigenvalue weighted by Crippen LogP contribution is 2.32. The fourth-order valence-corrected chi connectivity index (χ4v) is 3.06. The highest BCUT2D eigenvalue weighted by molar-refractivity contribution is 6.31. The van der Waals surface area contributed by atoms with E-state index in [1.807, 2.05) is 0 Å². The molecule has 3 heterocycles. The Hall–Kier alpha value is -2.38. The van der Waals surface area contributed by atoms with Crippen LogP contribution in [0.4, 0.5) is 0 Å². The number of aromatic nitrogens is 3. The van der Waals surface area contributed by atoms with Crippen molar-refractivity contribution in [2.75, 3.05) is 13.1 Å². The molecule has 8 heteroatoms. The first kappa shape index (κ1) is 14.2. The van der Waals surface area contributed by atoms with Crippen LogP contribution in [0.3, 0.4) is 0 Å². The largest absolute Gasteiger partial charge is 0.451 e. The lowest BCUT2D eigenvalue weighted by Gasteiger charge is -2.20. The van der Waals surface area contributed by atoms with E-state index in [4.69, 9.17) is 16.0 Å². The number of aliphatic hydroxyl groups is 1. The van der Waals surface area contributed by atoms with Crippen molar-refractivity contribution in [1.29, 1.82) is 0 Å². The van der Waals surface area contributed by atoms with Crippen LogP contribution >= 0.6 is 11.6 Å². The third-order valence-corrected chi connectivity index (χ3v) is 4.35. The van der Waals surface area contributed by atoms with Gasteiger partial charge in [0.15, 0.2) is 5.76 Å². The monoisotopic (exact) mass is 332 g/mol. The molecule has 3 aromatic rings. The SMILES string of the molecule is O=C(c1cc2cc(Cl)ccc2o1)N1CCC(O)(c2cn[nH]n2)C1. The van der Waals surface area contributed by atoms with Crippen LogP contribution in [0.1, 0.15) is 22.7 Å². The lowest BCUT2D eigenvalue weighted by atomic mass is 10.0. The van der Waals surface area contributed by atoms with Crippen molar-refractivity contribution in [3.05, 3.63) is 46.9 Å². The summed E-state index contributed by atoms with van der Waals surface area (Å²) in [6.07, 6.45) is 1.87. The van der Waals surface area contributed by atoms with E-state index in [0.717, 1.165) is 5.39 Å². The van der Waals surface area contributed by atoms with Gasteiger partial charge in [-0.3, -0.25) is 4.79 Å². The number of nitrogens with zero attached hydrogens (tertiary/aromatic N) is 3. The molecule has 2 N–H and O–H groups in total. The summed E-state index contributed by atoms with van der Waals surface area (Å²) in [6.45, 7) is 0.566. The Morgan fingerprint density at radius 1 is 1.43 bits per heavy atom. The molecule has 7 nitrogen and oxygen atoms in total. The second kappa shape index (κ2) is 5.07. The molecule has 1 amide bonds. The minimum Gasteiger partial charge on any atom is -0.451 e. The topological polar surface area (TPSA) is 95.3 Å². The Morgan fingerprint density at radius 3 is 3.09 bits per heavy atom. The lowest BCUT2D eigenvalue weighted by molar-refractivity contribution is 0.0374. The smallest absolute Gasteiger partial charge is 0.289 e. The van der Waals surface area contributed by atoms with Crippen LogP contribution in [0.15, 0.2) is 34.9 Å². The van der Waals surface area contributed by atoms with Gasteiger partial charge in [-0.2, -0.15) is 15.4 Å². The summed E-state index contributed by atoms with van der Waals surface area (Å²) in [7, 11) is 0. The summed E-state index contributed by atoms with van der Waals surface area (Å²) >= 11 is 5.94. The van der Waals surface area contributed by atoms with E-state index < -0.39 is 5.60 Å². The Kier molecular flexibility index (Phi) is 3.14. The summed E-state index contributed by atoms with van der Waals surface area (Å²) in [5.74, 6) is -0.0385. The number of aromatic amines is 1. The Morgan fingerprint density at radius 2 is 2.30 bits per heavy atom. The second-order valence-corrected chi connectivity index (χ2v) is 6.09. The third kappa shape index (κ3) is 2.38. The number of amides is 1. The molecule has 4 rings (SSSR count). The van der Waals surface area contributed by atoms with Crippen LogP contribution in [0, 0.1) is 0 Å². The van der Waals surface area contributed by atoms with Crippen molar-refractivity contribution in [2.45, 2.75) is 12.0 Å². The number of nitrogens with one attached hydrogen (secondary N) is 1. The van der Waals surface area contributed by atoms with Gasteiger partial charge in [0.25, 0.3) is 5.91 Å². The Labute approximate surface area is 135 Å². The fraction of sp³-hybridized carbons (Fsp3) is 0.267. The number of hydrogen-bond donors (Lipinski definition) is 2. The molecule has 0 bridgehead atoms. The summed E-state index contributed by atoms with van der Waals surface area (Å²) in [6, 6.07) is 6.84. The number of likely N-dealkylation sites (tertiary alicyclic amines) is 1. The number of halogens is 1. The van der Waals surface area contributed by atoms with E-state index in [-0.39, 0.29) is 18.2 Å². The first-order valence-corrected chi connectivity index (χ1v) is 7.50. The van der Waals surface area contributed by atoms with Crippen LogP contribution < -0.4 is 0 Å². The highest BCUT2D eigenvalue weighted by atomic mass is 35.5. The number of rotatable bonds is 2. The van der Waals surface area contributed by atoms with Crippen LogP contribution in [0.5, 0.6) is 0 Å². The minimum absolute atomic E-state index is 0.149. The van der Waals surface area contributed by atoms with Gasteiger partial charge in [0.1, 0.15) is 16.9 Å². The molecule has 1 saturated heterocycles. The lowest BCUT2D eigenvalue weighted by Crippen LogP contribution is -2.34. The van der Waals surface area contributed by atoms with Crippen molar-refractivity contribution in [1.82, 2.24) is 20.3 Å². The zero-order chi connectivity index (χ0) is 16.0. The average Bonchev–Trinajstić information content (AvgIpc) is 3.25. The molecule has 118 valence electrons.